The normalized spacial score (nSPS) is 11.1. The van der Waals surface area contributed by atoms with E-state index in [-0.39, 0.29) is 0 Å². The number of hydrogen-bond acceptors (Lipinski definition) is 2. The fourth-order valence-corrected chi connectivity index (χ4v) is 3.50. The molecular weight excluding hydrogens is 330 g/mol. The second kappa shape index (κ2) is 7.30. The van der Waals surface area contributed by atoms with Gasteiger partial charge in [0.25, 0.3) is 0 Å². The van der Waals surface area contributed by atoms with E-state index in [4.69, 9.17) is 0 Å². The van der Waals surface area contributed by atoms with Crippen molar-refractivity contribution in [3.05, 3.63) is 58.1 Å². The van der Waals surface area contributed by atoms with Gasteiger partial charge in [0, 0.05) is 20.8 Å². The average molecular weight is 350 g/mol. The van der Waals surface area contributed by atoms with E-state index in [1.165, 1.54) is 20.9 Å². The summed E-state index contributed by atoms with van der Waals surface area (Å²) in [6.07, 6.45) is 0. The maximum atomic E-state index is 3.56. The number of rotatable bonds is 5. The minimum atomic E-state index is 0.583. The van der Waals surface area contributed by atoms with Crippen LogP contribution < -0.4 is 5.32 Å². The van der Waals surface area contributed by atoms with Gasteiger partial charge in [0.2, 0.25) is 0 Å². The lowest BCUT2D eigenvalue weighted by Gasteiger charge is -2.11. The monoisotopic (exact) mass is 349 g/mol. The molecule has 0 aliphatic heterocycles. The predicted octanol–water partition coefficient (Wildman–Crippen LogP) is 5.44. The van der Waals surface area contributed by atoms with Crippen LogP contribution in [-0.4, -0.2) is 7.05 Å². The van der Waals surface area contributed by atoms with Crippen molar-refractivity contribution in [2.45, 2.75) is 36.1 Å². The molecule has 0 aromatic heterocycles. The van der Waals surface area contributed by atoms with Gasteiger partial charge in [0.15, 0.2) is 0 Å². The maximum absolute atomic E-state index is 3.56. The van der Waals surface area contributed by atoms with E-state index in [1.54, 1.807) is 0 Å². The van der Waals surface area contributed by atoms with Crippen LogP contribution in [0.2, 0.25) is 0 Å². The minimum absolute atomic E-state index is 0.583. The molecule has 3 heteroatoms. The van der Waals surface area contributed by atoms with Gasteiger partial charge in [-0.05, 0) is 48.4 Å². The third-order valence-electron chi connectivity index (χ3n) is 3.17. The van der Waals surface area contributed by atoms with Crippen LogP contribution in [0.5, 0.6) is 0 Å². The van der Waals surface area contributed by atoms with Crippen molar-refractivity contribution in [1.82, 2.24) is 5.32 Å². The van der Waals surface area contributed by atoms with Gasteiger partial charge in [-0.15, -0.1) is 0 Å². The van der Waals surface area contributed by atoms with Crippen molar-refractivity contribution >= 4 is 27.7 Å². The Labute approximate surface area is 134 Å². The first-order valence-corrected chi connectivity index (χ1v) is 8.42. The van der Waals surface area contributed by atoms with E-state index in [1.807, 2.05) is 18.8 Å². The molecule has 0 unspecified atom stereocenters. The van der Waals surface area contributed by atoms with Gasteiger partial charge >= 0.3 is 0 Å². The third kappa shape index (κ3) is 4.11. The maximum Gasteiger partial charge on any atom is 0.0213 e. The SMILES string of the molecule is CNCc1ccc(Br)cc1Sc1ccc(C(C)C)cc1. The molecule has 2 aromatic rings. The molecule has 2 rings (SSSR count). The first-order valence-electron chi connectivity index (χ1n) is 6.81. The summed E-state index contributed by atoms with van der Waals surface area (Å²) >= 11 is 5.38. The average Bonchev–Trinajstić information content (AvgIpc) is 2.42. The number of benzene rings is 2. The molecule has 1 nitrogen and oxygen atoms in total. The smallest absolute Gasteiger partial charge is 0.0213 e. The molecule has 106 valence electrons. The molecule has 0 fully saturated rings. The van der Waals surface area contributed by atoms with E-state index in [0.717, 1.165) is 11.0 Å². The van der Waals surface area contributed by atoms with Crippen LogP contribution in [0, 0.1) is 0 Å². The quantitative estimate of drug-likeness (QED) is 0.770. The van der Waals surface area contributed by atoms with E-state index < -0.39 is 0 Å². The van der Waals surface area contributed by atoms with Crippen molar-refractivity contribution in [1.29, 1.82) is 0 Å². The Hall–Kier alpha value is -0.770. The van der Waals surface area contributed by atoms with Gasteiger partial charge in [-0.1, -0.05) is 59.7 Å². The minimum Gasteiger partial charge on any atom is -0.316 e. The number of halogens is 1. The summed E-state index contributed by atoms with van der Waals surface area (Å²) in [5, 5.41) is 3.23. The fraction of sp³-hybridized carbons (Fsp3) is 0.294. The molecule has 1 N–H and O–H groups in total. The highest BCUT2D eigenvalue weighted by Crippen LogP contribution is 2.33. The van der Waals surface area contributed by atoms with Gasteiger partial charge in [-0.25, -0.2) is 0 Å². The summed E-state index contributed by atoms with van der Waals surface area (Å²) in [6, 6.07) is 15.3. The van der Waals surface area contributed by atoms with E-state index in [9.17, 15) is 0 Å². The molecule has 20 heavy (non-hydrogen) atoms. The van der Waals surface area contributed by atoms with Crippen molar-refractivity contribution in [2.24, 2.45) is 0 Å². The molecule has 0 radical (unpaired) electrons. The third-order valence-corrected chi connectivity index (χ3v) is 4.77. The summed E-state index contributed by atoms with van der Waals surface area (Å²) in [7, 11) is 1.98. The van der Waals surface area contributed by atoms with Crippen LogP contribution in [0.25, 0.3) is 0 Å². The van der Waals surface area contributed by atoms with Gasteiger partial charge in [0.05, 0.1) is 0 Å². The summed E-state index contributed by atoms with van der Waals surface area (Å²) in [6.45, 7) is 5.34. The Balaban J connectivity index is 2.22. The molecule has 0 aliphatic carbocycles. The zero-order valence-electron chi connectivity index (χ0n) is 12.1. The predicted molar refractivity (Wildman–Crippen MR) is 91.6 cm³/mol. The second-order valence-corrected chi connectivity index (χ2v) is 7.14. The highest BCUT2D eigenvalue weighted by atomic mass is 79.9. The van der Waals surface area contributed by atoms with Gasteiger partial charge in [-0.2, -0.15) is 0 Å². The topological polar surface area (TPSA) is 12.0 Å². The molecule has 0 heterocycles. The summed E-state index contributed by atoms with van der Waals surface area (Å²) < 4.78 is 1.12. The standard InChI is InChI=1S/C17H20BrNS/c1-12(2)13-5-8-16(9-6-13)20-17-10-15(18)7-4-14(17)11-19-3/h4-10,12,19H,11H2,1-3H3. The highest BCUT2D eigenvalue weighted by molar-refractivity contribution is 9.10. The van der Waals surface area contributed by atoms with Crippen LogP contribution in [0.15, 0.2) is 56.7 Å². The molecule has 0 bridgehead atoms. The Bertz CT molecular complexity index is 564. The first-order chi connectivity index (χ1) is 9.60. The van der Waals surface area contributed by atoms with Gasteiger partial charge < -0.3 is 5.32 Å². The second-order valence-electron chi connectivity index (χ2n) is 5.11. The fourth-order valence-electron chi connectivity index (χ4n) is 2.01. The van der Waals surface area contributed by atoms with Crippen molar-refractivity contribution in [3.63, 3.8) is 0 Å². The lowest BCUT2D eigenvalue weighted by molar-refractivity contribution is 0.803. The molecule has 0 saturated heterocycles. The largest absolute Gasteiger partial charge is 0.316 e. The molecule has 0 spiro atoms. The van der Waals surface area contributed by atoms with Crippen LogP contribution in [0.1, 0.15) is 30.9 Å². The van der Waals surface area contributed by atoms with Crippen LogP contribution in [-0.2, 0) is 6.54 Å². The summed E-state index contributed by atoms with van der Waals surface area (Å²) in [5.74, 6) is 0.583. The van der Waals surface area contributed by atoms with Crippen LogP contribution in [0.4, 0.5) is 0 Å². The summed E-state index contributed by atoms with van der Waals surface area (Å²) in [4.78, 5) is 2.58. The van der Waals surface area contributed by atoms with Gasteiger partial charge in [-0.3, -0.25) is 0 Å². The van der Waals surface area contributed by atoms with Crippen molar-refractivity contribution in [3.8, 4) is 0 Å². The highest BCUT2D eigenvalue weighted by Gasteiger charge is 2.06. The Morgan fingerprint density at radius 2 is 1.80 bits per heavy atom. The van der Waals surface area contributed by atoms with E-state index in [2.05, 4.69) is 77.6 Å². The van der Waals surface area contributed by atoms with E-state index in [0.29, 0.717) is 5.92 Å². The lowest BCUT2D eigenvalue weighted by atomic mass is 10.0. The molecule has 0 aliphatic rings. The number of hydrogen-bond donors (Lipinski definition) is 1. The first kappa shape index (κ1) is 15.6. The summed E-state index contributed by atoms with van der Waals surface area (Å²) in [5.41, 5.74) is 2.72. The van der Waals surface area contributed by atoms with Crippen molar-refractivity contribution < 1.29 is 0 Å². The zero-order valence-corrected chi connectivity index (χ0v) is 14.5. The number of nitrogens with one attached hydrogen (secondary N) is 1. The van der Waals surface area contributed by atoms with Gasteiger partial charge in [0.1, 0.15) is 0 Å². The Kier molecular flexibility index (Phi) is 5.70. The van der Waals surface area contributed by atoms with Crippen LogP contribution in [0.3, 0.4) is 0 Å². The van der Waals surface area contributed by atoms with E-state index >= 15 is 0 Å². The Morgan fingerprint density at radius 3 is 2.40 bits per heavy atom. The molecule has 2 aromatic carbocycles. The molecule has 0 atom stereocenters. The molecule has 0 amide bonds. The van der Waals surface area contributed by atoms with Crippen LogP contribution >= 0.6 is 27.7 Å². The Morgan fingerprint density at radius 1 is 1.10 bits per heavy atom. The molecular formula is C17H20BrNS. The lowest BCUT2D eigenvalue weighted by Crippen LogP contribution is -2.05. The van der Waals surface area contributed by atoms with Crippen molar-refractivity contribution in [2.75, 3.05) is 7.05 Å². The zero-order chi connectivity index (χ0) is 14.5. The molecule has 0 saturated carbocycles.